The predicted octanol–water partition coefficient (Wildman–Crippen LogP) is 2.38. The first-order valence-corrected chi connectivity index (χ1v) is 6.74. The number of hydrogen-bond acceptors (Lipinski definition) is 3. The first-order chi connectivity index (χ1) is 9.13. The maximum atomic E-state index is 11.9. The highest BCUT2D eigenvalue weighted by atomic mass is 16.5. The summed E-state index contributed by atoms with van der Waals surface area (Å²) in [7, 11) is 0. The highest BCUT2D eigenvalue weighted by molar-refractivity contribution is 6.11. The van der Waals surface area contributed by atoms with Gasteiger partial charge in [0.25, 0.3) is 0 Å². The van der Waals surface area contributed by atoms with E-state index in [9.17, 15) is 4.79 Å². The van der Waals surface area contributed by atoms with Crippen molar-refractivity contribution in [3.63, 3.8) is 0 Å². The molecule has 1 aliphatic heterocycles. The number of nitrogens with one attached hydrogen (secondary N) is 1. The lowest BCUT2D eigenvalue weighted by Crippen LogP contribution is -2.44. The van der Waals surface area contributed by atoms with Crippen LogP contribution in [0.4, 0.5) is 0 Å². The Hall–Kier alpha value is -1.84. The van der Waals surface area contributed by atoms with Crippen LogP contribution in [0.15, 0.2) is 29.3 Å². The molecule has 102 valence electrons. The zero-order chi connectivity index (χ0) is 13.8. The SMILES string of the molecule is CCCOc1ccccc1C1=NC(C)C(C)C(=O)N1. The van der Waals surface area contributed by atoms with Crippen LogP contribution >= 0.6 is 0 Å². The minimum atomic E-state index is -0.0903. The van der Waals surface area contributed by atoms with E-state index in [1.54, 1.807) is 0 Å². The van der Waals surface area contributed by atoms with E-state index in [0.717, 1.165) is 17.7 Å². The van der Waals surface area contributed by atoms with Crippen LogP contribution < -0.4 is 10.1 Å². The zero-order valence-electron chi connectivity index (χ0n) is 11.6. The van der Waals surface area contributed by atoms with Gasteiger partial charge in [0.1, 0.15) is 11.6 Å². The molecule has 1 aromatic carbocycles. The minimum absolute atomic E-state index is 0.0111. The third kappa shape index (κ3) is 2.95. The molecule has 0 radical (unpaired) electrons. The number of para-hydroxylation sites is 1. The Balaban J connectivity index is 2.31. The van der Waals surface area contributed by atoms with Crippen molar-refractivity contribution in [1.29, 1.82) is 0 Å². The van der Waals surface area contributed by atoms with Gasteiger partial charge in [-0.25, -0.2) is 0 Å². The maximum absolute atomic E-state index is 11.9. The maximum Gasteiger partial charge on any atom is 0.230 e. The topological polar surface area (TPSA) is 50.7 Å². The zero-order valence-corrected chi connectivity index (χ0v) is 11.6. The molecule has 1 aromatic rings. The summed E-state index contributed by atoms with van der Waals surface area (Å²) in [5.74, 6) is 1.31. The van der Waals surface area contributed by atoms with Crippen LogP contribution in [0.25, 0.3) is 0 Å². The second-order valence-electron chi connectivity index (χ2n) is 4.84. The van der Waals surface area contributed by atoms with Gasteiger partial charge in [-0.1, -0.05) is 26.0 Å². The molecule has 2 atom stereocenters. The molecular formula is C15H20N2O2. The van der Waals surface area contributed by atoms with Gasteiger partial charge in [0.05, 0.1) is 24.1 Å². The molecule has 0 fully saturated rings. The van der Waals surface area contributed by atoms with E-state index in [1.165, 1.54) is 0 Å². The van der Waals surface area contributed by atoms with E-state index in [1.807, 2.05) is 38.1 Å². The average Bonchev–Trinajstić information content (AvgIpc) is 2.42. The number of ether oxygens (including phenoxy) is 1. The summed E-state index contributed by atoms with van der Waals surface area (Å²) >= 11 is 0. The fraction of sp³-hybridized carbons (Fsp3) is 0.467. The minimum Gasteiger partial charge on any atom is -0.493 e. The third-order valence-electron chi connectivity index (χ3n) is 3.32. The fourth-order valence-electron chi connectivity index (χ4n) is 1.93. The number of carbonyl (C=O) groups excluding carboxylic acids is 1. The summed E-state index contributed by atoms with van der Waals surface area (Å²) in [6.45, 7) is 6.56. The second-order valence-corrected chi connectivity index (χ2v) is 4.84. The number of nitrogens with zero attached hydrogens (tertiary/aromatic N) is 1. The van der Waals surface area contributed by atoms with Crippen LogP contribution in [0.1, 0.15) is 32.8 Å². The molecule has 4 heteroatoms. The molecule has 1 aliphatic rings. The lowest BCUT2D eigenvalue weighted by molar-refractivity contribution is -0.123. The molecule has 0 bridgehead atoms. The van der Waals surface area contributed by atoms with Crippen molar-refractivity contribution in [2.24, 2.45) is 10.9 Å². The van der Waals surface area contributed by atoms with E-state index in [4.69, 9.17) is 4.74 Å². The number of aliphatic imine (C=N–C) groups is 1. The first kappa shape index (κ1) is 13.6. The molecule has 0 aromatic heterocycles. The number of amides is 1. The molecule has 0 saturated heterocycles. The van der Waals surface area contributed by atoms with Crippen LogP contribution in [0, 0.1) is 5.92 Å². The number of hydrogen-bond donors (Lipinski definition) is 1. The summed E-state index contributed by atoms with van der Waals surface area (Å²) < 4.78 is 5.70. The molecule has 2 unspecified atom stereocenters. The average molecular weight is 260 g/mol. The highest BCUT2D eigenvalue weighted by Gasteiger charge is 2.27. The van der Waals surface area contributed by atoms with Gasteiger partial charge in [-0.15, -0.1) is 0 Å². The molecule has 4 nitrogen and oxygen atoms in total. The summed E-state index contributed by atoms with van der Waals surface area (Å²) in [5, 5.41) is 2.86. The van der Waals surface area contributed by atoms with Crippen LogP contribution in [-0.4, -0.2) is 24.4 Å². The monoisotopic (exact) mass is 260 g/mol. The molecule has 0 saturated carbocycles. The number of benzene rings is 1. The van der Waals surface area contributed by atoms with E-state index in [-0.39, 0.29) is 17.9 Å². The standard InChI is InChI=1S/C15H20N2O2/c1-4-9-19-13-8-6-5-7-12(13)14-16-11(3)10(2)15(18)17-14/h5-8,10-11H,4,9H2,1-3H3,(H,16,17,18). The second kappa shape index (κ2) is 5.87. The summed E-state index contributed by atoms with van der Waals surface area (Å²) in [6, 6.07) is 7.66. The van der Waals surface area contributed by atoms with E-state index < -0.39 is 0 Å². The number of amidine groups is 1. The van der Waals surface area contributed by atoms with Crippen molar-refractivity contribution in [1.82, 2.24) is 5.32 Å². The fourth-order valence-corrected chi connectivity index (χ4v) is 1.93. The van der Waals surface area contributed by atoms with Gasteiger partial charge in [-0.3, -0.25) is 9.79 Å². The van der Waals surface area contributed by atoms with Crippen molar-refractivity contribution < 1.29 is 9.53 Å². The van der Waals surface area contributed by atoms with Crippen molar-refractivity contribution in [3.05, 3.63) is 29.8 Å². The van der Waals surface area contributed by atoms with Crippen molar-refractivity contribution >= 4 is 11.7 Å². The molecule has 1 heterocycles. The Labute approximate surface area is 113 Å². The van der Waals surface area contributed by atoms with Crippen LogP contribution in [-0.2, 0) is 4.79 Å². The molecule has 0 spiro atoms. The van der Waals surface area contributed by atoms with Crippen LogP contribution in [0.2, 0.25) is 0 Å². The van der Waals surface area contributed by atoms with E-state index in [2.05, 4.69) is 17.2 Å². The predicted molar refractivity (Wildman–Crippen MR) is 75.5 cm³/mol. The van der Waals surface area contributed by atoms with E-state index >= 15 is 0 Å². The Morgan fingerprint density at radius 1 is 1.32 bits per heavy atom. The quantitative estimate of drug-likeness (QED) is 0.903. The summed E-state index contributed by atoms with van der Waals surface area (Å²) in [5.41, 5.74) is 0.850. The van der Waals surface area contributed by atoms with Gasteiger partial charge in [0.2, 0.25) is 5.91 Å². The molecule has 19 heavy (non-hydrogen) atoms. The number of carbonyl (C=O) groups is 1. The smallest absolute Gasteiger partial charge is 0.230 e. The Morgan fingerprint density at radius 2 is 2.05 bits per heavy atom. The van der Waals surface area contributed by atoms with Gasteiger partial charge < -0.3 is 10.1 Å². The Morgan fingerprint density at radius 3 is 2.74 bits per heavy atom. The Bertz CT molecular complexity index is 497. The van der Waals surface area contributed by atoms with Gasteiger partial charge in [-0.2, -0.15) is 0 Å². The first-order valence-electron chi connectivity index (χ1n) is 6.74. The molecule has 0 aliphatic carbocycles. The van der Waals surface area contributed by atoms with Crippen molar-refractivity contribution in [2.75, 3.05) is 6.61 Å². The van der Waals surface area contributed by atoms with E-state index in [0.29, 0.717) is 12.4 Å². The summed E-state index contributed by atoms with van der Waals surface area (Å²) in [6.07, 6.45) is 0.945. The Kier molecular flexibility index (Phi) is 4.20. The lowest BCUT2D eigenvalue weighted by Gasteiger charge is -2.24. The molecular weight excluding hydrogens is 240 g/mol. The van der Waals surface area contributed by atoms with Gasteiger partial charge in [-0.05, 0) is 25.5 Å². The van der Waals surface area contributed by atoms with Crippen LogP contribution in [0.3, 0.4) is 0 Å². The van der Waals surface area contributed by atoms with Gasteiger partial charge in [0, 0.05) is 0 Å². The van der Waals surface area contributed by atoms with Gasteiger partial charge in [0.15, 0.2) is 0 Å². The molecule has 2 rings (SSSR count). The van der Waals surface area contributed by atoms with Crippen molar-refractivity contribution in [3.8, 4) is 5.75 Å². The van der Waals surface area contributed by atoms with Crippen molar-refractivity contribution in [2.45, 2.75) is 33.2 Å². The highest BCUT2D eigenvalue weighted by Crippen LogP contribution is 2.22. The summed E-state index contributed by atoms with van der Waals surface area (Å²) in [4.78, 5) is 16.4. The molecule has 1 amide bonds. The third-order valence-corrected chi connectivity index (χ3v) is 3.32. The van der Waals surface area contributed by atoms with Crippen LogP contribution in [0.5, 0.6) is 5.75 Å². The van der Waals surface area contributed by atoms with Gasteiger partial charge >= 0.3 is 0 Å². The number of rotatable bonds is 4. The normalized spacial score (nSPS) is 22.7. The molecule has 1 N–H and O–H groups in total. The largest absolute Gasteiger partial charge is 0.493 e. The lowest BCUT2D eigenvalue weighted by atomic mass is 10.0.